The minimum absolute atomic E-state index is 0.274. The van der Waals surface area contributed by atoms with E-state index in [0.717, 1.165) is 16.6 Å². The van der Waals surface area contributed by atoms with Gasteiger partial charge in [0.05, 0.1) is 0 Å². The minimum Gasteiger partial charge on any atom is -0.484 e. The van der Waals surface area contributed by atoms with E-state index < -0.39 is 12.8 Å². The smallest absolute Gasteiger partial charge is 0.422 e. The molecule has 0 saturated heterocycles. The van der Waals surface area contributed by atoms with E-state index in [1.165, 1.54) is 0 Å². The highest BCUT2D eigenvalue weighted by molar-refractivity contribution is 9.10. The van der Waals surface area contributed by atoms with Gasteiger partial charge in [-0.15, -0.1) is 0 Å². The molecule has 0 N–H and O–H groups in total. The number of rotatable bonds is 5. The highest BCUT2D eigenvalue weighted by atomic mass is 79.9. The van der Waals surface area contributed by atoms with Gasteiger partial charge in [-0.25, -0.2) is 0 Å². The normalized spacial score (nSPS) is 11.9. The number of ether oxygens (including phenoxy) is 1. The van der Waals surface area contributed by atoms with Crippen molar-refractivity contribution in [1.82, 2.24) is 4.90 Å². The molecule has 0 bridgehead atoms. The second-order valence-electron chi connectivity index (χ2n) is 3.99. The zero-order chi connectivity index (χ0) is 13.8. The molecule has 0 aromatic heterocycles. The summed E-state index contributed by atoms with van der Waals surface area (Å²) in [7, 11) is 1.90. The van der Waals surface area contributed by atoms with Crippen molar-refractivity contribution in [3.05, 3.63) is 28.2 Å². The molecule has 0 radical (unpaired) electrons. The van der Waals surface area contributed by atoms with Gasteiger partial charge < -0.3 is 9.64 Å². The highest BCUT2D eigenvalue weighted by Crippen LogP contribution is 2.26. The van der Waals surface area contributed by atoms with Crippen LogP contribution in [0.25, 0.3) is 0 Å². The summed E-state index contributed by atoms with van der Waals surface area (Å²) >= 11 is 3.30. The van der Waals surface area contributed by atoms with Crippen molar-refractivity contribution in [3.63, 3.8) is 0 Å². The van der Waals surface area contributed by atoms with E-state index in [-0.39, 0.29) is 5.75 Å². The van der Waals surface area contributed by atoms with Crippen LogP contribution in [0.1, 0.15) is 12.5 Å². The summed E-state index contributed by atoms with van der Waals surface area (Å²) < 4.78 is 42.1. The molecule has 0 saturated carbocycles. The third-order valence-corrected chi connectivity index (χ3v) is 2.89. The molecule has 0 amide bonds. The Kier molecular flexibility index (Phi) is 5.47. The number of hydrogen-bond donors (Lipinski definition) is 0. The van der Waals surface area contributed by atoms with Gasteiger partial charge in [-0.3, -0.25) is 0 Å². The first-order valence-corrected chi connectivity index (χ1v) is 6.27. The Morgan fingerprint density at radius 2 is 2.00 bits per heavy atom. The van der Waals surface area contributed by atoms with Crippen LogP contribution in [0.3, 0.4) is 0 Å². The quantitative estimate of drug-likeness (QED) is 0.815. The Labute approximate surface area is 113 Å². The van der Waals surface area contributed by atoms with Gasteiger partial charge in [0.15, 0.2) is 6.61 Å². The molecule has 1 rings (SSSR count). The molecule has 0 aliphatic rings. The lowest BCUT2D eigenvalue weighted by molar-refractivity contribution is -0.153. The number of benzene rings is 1. The lowest BCUT2D eigenvalue weighted by Crippen LogP contribution is -2.21. The zero-order valence-corrected chi connectivity index (χ0v) is 11.8. The van der Waals surface area contributed by atoms with E-state index in [4.69, 9.17) is 4.74 Å². The Morgan fingerprint density at radius 3 is 2.56 bits per heavy atom. The number of hydrogen-bond acceptors (Lipinski definition) is 2. The standard InChI is InChI=1S/C12H15BrF3NO/c1-3-17(2)7-9-6-10(13)4-5-11(9)18-8-12(14,15)16/h4-6H,3,7-8H2,1-2H3. The van der Waals surface area contributed by atoms with Crippen LogP contribution in [0.4, 0.5) is 13.2 Å². The van der Waals surface area contributed by atoms with Crippen molar-refractivity contribution in [3.8, 4) is 5.75 Å². The lowest BCUT2D eigenvalue weighted by Gasteiger charge is -2.18. The van der Waals surface area contributed by atoms with Gasteiger partial charge in [0.25, 0.3) is 0 Å². The molecule has 0 spiro atoms. The van der Waals surface area contributed by atoms with Crippen LogP contribution >= 0.6 is 15.9 Å². The van der Waals surface area contributed by atoms with Gasteiger partial charge in [0, 0.05) is 16.6 Å². The summed E-state index contributed by atoms with van der Waals surface area (Å²) in [4.78, 5) is 1.99. The summed E-state index contributed by atoms with van der Waals surface area (Å²) in [6.45, 7) is 2.07. The van der Waals surface area contributed by atoms with Gasteiger partial charge >= 0.3 is 6.18 Å². The Balaban J connectivity index is 2.82. The molecule has 0 aliphatic heterocycles. The molecule has 0 fully saturated rings. The maximum atomic E-state index is 12.1. The fourth-order valence-corrected chi connectivity index (χ4v) is 1.78. The molecule has 0 heterocycles. The number of alkyl halides is 3. The van der Waals surface area contributed by atoms with E-state index in [1.54, 1.807) is 18.2 Å². The first-order chi connectivity index (χ1) is 8.31. The molecule has 2 nitrogen and oxygen atoms in total. The Bertz CT molecular complexity index is 395. The summed E-state index contributed by atoms with van der Waals surface area (Å²) in [5.74, 6) is 0.274. The molecule has 1 aromatic carbocycles. The second kappa shape index (κ2) is 6.43. The van der Waals surface area contributed by atoms with Gasteiger partial charge in [0.2, 0.25) is 0 Å². The zero-order valence-electron chi connectivity index (χ0n) is 10.2. The second-order valence-corrected chi connectivity index (χ2v) is 4.90. The topological polar surface area (TPSA) is 12.5 Å². The van der Waals surface area contributed by atoms with Crippen LogP contribution in [0.15, 0.2) is 22.7 Å². The van der Waals surface area contributed by atoms with Crippen LogP contribution < -0.4 is 4.74 Å². The van der Waals surface area contributed by atoms with Gasteiger partial charge in [-0.05, 0) is 31.8 Å². The van der Waals surface area contributed by atoms with Gasteiger partial charge in [0.1, 0.15) is 5.75 Å². The molecule has 0 atom stereocenters. The minimum atomic E-state index is -4.32. The molecule has 0 unspecified atom stereocenters. The first kappa shape index (κ1) is 15.3. The van der Waals surface area contributed by atoms with Crippen LogP contribution in [0, 0.1) is 0 Å². The summed E-state index contributed by atoms with van der Waals surface area (Å²) in [6.07, 6.45) is -4.32. The number of nitrogens with zero attached hydrogens (tertiary/aromatic N) is 1. The summed E-state index contributed by atoms with van der Waals surface area (Å²) in [5.41, 5.74) is 0.734. The predicted octanol–water partition coefficient (Wildman–Crippen LogP) is 3.84. The molecule has 6 heteroatoms. The van der Waals surface area contributed by atoms with Crippen molar-refractivity contribution in [2.75, 3.05) is 20.2 Å². The van der Waals surface area contributed by atoms with Crippen molar-refractivity contribution in [2.45, 2.75) is 19.6 Å². The lowest BCUT2D eigenvalue weighted by atomic mass is 10.2. The van der Waals surface area contributed by atoms with Crippen molar-refractivity contribution in [1.29, 1.82) is 0 Å². The summed E-state index contributed by atoms with van der Waals surface area (Å²) in [5, 5.41) is 0. The highest BCUT2D eigenvalue weighted by Gasteiger charge is 2.28. The largest absolute Gasteiger partial charge is 0.484 e. The Morgan fingerprint density at radius 1 is 1.33 bits per heavy atom. The molecule has 18 heavy (non-hydrogen) atoms. The van der Waals surface area contributed by atoms with Crippen molar-refractivity contribution < 1.29 is 17.9 Å². The van der Waals surface area contributed by atoms with E-state index >= 15 is 0 Å². The average Bonchev–Trinajstić information content (AvgIpc) is 2.26. The SMILES string of the molecule is CCN(C)Cc1cc(Br)ccc1OCC(F)(F)F. The first-order valence-electron chi connectivity index (χ1n) is 5.48. The van der Waals surface area contributed by atoms with Crippen molar-refractivity contribution >= 4 is 15.9 Å². The van der Waals surface area contributed by atoms with Crippen LogP contribution in [0.5, 0.6) is 5.75 Å². The monoisotopic (exact) mass is 325 g/mol. The van der Waals surface area contributed by atoms with E-state index in [2.05, 4.69) is 15.9 Å². The van der Waals surface area contributed by atoms with E-state index in [1.807, 2.05) is 18.9 Å². The van der Waals surface area contributed by atoms with E-state index in [9.17, 15) is 13.2 Å². The fraction of sp³-hybridized carbons (Fsp3) is 0.500. The predicted molar refractivity (Wildman–Crippen MR) is 67.7 cm³/mol. The van der Waals surface area contributed by atoms with Gasteiger partial charge in [-0.2, -0.15) is 13.2 Å². The van der Waals surface area contributed by atoms with Crippen LogP contribution in [-0.2, 0) is 6.54 Å². The molecular formula is C12H15BrF3NO. The third-order valence-electron chi connectivity index (χ3n) is 2.39. The maximum Gasteiger partial charge on any atom is 0.422 e. The average molecular weight is 326 g/mol. The Hall–Kier alpha value is -0.750. The van der Waals surface area contributed by atoms with Crippen LogP contribution in [-0.4, -0.2) is 31.3 Å². The van der Waals surface area contributed by atoms with Crippen molar-refractivity contribution in [2.24, 2.45) is 0 Å². The fourth-order valence-electron chi connectivity index (χ4n) is 1.37. The van der Waals surface area contributed by atoms with Gasteiger partial charge in [-0.1, -0.05) is 22.9 Å². The van der Waals surface area contributed by atoms with Crippen LogP contribution in [0.2, 0.25) is 0 Å². The third kappa shape index (κ3) is 5.27. The molecule has 0 aliphatic carbocycles. The summed E-state index contributed by atoms with van der Waals surface area (Å²) in [6, 6.07) is 4.99. The maximum absolute atomic E-state index is 12.1. The molecule has 102 valence electrons. The molecule has 1 aromatic rings. The van der Waals surface area contributed by atoms with E-state index in [0.29, 0.717) is 6.54 Å². The number of halogens is 4. The molecular weight excluding hydrogens is 311 g/mol.